The molecule has 1 aromatic rings. The molecule has 0 bridgehead atoms. The van der Waals surface area contributed by atoms with Gasteiger partial charge in [0.25, 0.3) is 5.91 Å². The fourth-order valence-corrected chi connectivity index (χ4v) is 4.95. The summed E-state index contributed by atoms with van der Waals surface area (Å²) in [6.07, 6.45) is 3.72. The first-order chi connectivity index (χ1) is 14.9. The zero-order valence-electron chi connectivity index (χ0n) is 17.6. The summed E-state index contributed by atoms with van der Waals surface area (Å²) >= 11 is 0. The van der Waals surface area contributed by atoms with Gasteiger partial charge in [0, 0.05) is 13.1 Å². The first-order valence-electron chi connectivity index (χ1n) is 10.9. The number of nitrogens with one attached hydrogen (secondary N) is 2. The maximum atomic E-state index is 13.1. The third kappa shape index (κ3) is 4.14. The van der Waals surface area contributed by atoms with E-state index in [1.165, 1.54) is 0 Å². The number of imide groups is 1. The van der Waals surface area contributed by atoms with E-state index in [2.05, 4.69) is 15.5 Å². The lowest BCUT2D eigenvalue weighted by Gasteiger charge is -2.31. The quantitative estimate of drug-likeness (QED) is 0.420. The molecule has 2 aliphatic heterocycles. The molecule has 2 heterocycles. The van der Waals surface area contributed by atoms with Crippen LogP contribution in [0, 0.1) is 5.92 Å². The maximum absolute atomic E-state index is 13.1. The second kappa shape index (κ2) is 8.66. The molecular formula is C22H29N5O4. The number of fused-ring (bicyclic) bond motifs is 2. The Labute approximate surface area is 181 Å². The van der Waals surface area contributed by atoms with E-state index >= 15 is 0 Å². The molecule has 3 aliphatic rings. The Morgan fingerprint density at radius 2 is 2.06 bits per heavy atom. The van der Waals surface area contributed by atoms with Crippen LogP contribution in [-0.2, 0) is 26.3 Å². The average Bonchev–Trinajstić information content (AvgIpc) is 3.25. The van der Waals surface area contributed by atoms with Gasteiger partial charge in [-0.15, -0.1) is 0 Å². The van der Waals surface area contributed by atoms with E-state index in [1.807, 2.05) is 24.3 Å². The van der Waals surface area contributed by atoms with Crippen molar-refractivity contribution in [2.24, 2.45) is 11.7 Å². The fourth-order valence-electron chi connectivity index (χ4n) is 4.95. The molecule has 166 valence electrons. The summed E-state index contributed by atoms with van der Waals surface area (Å²) in [6.45, 7) is 2.49. The number of hydrogen-bond donors (Lipinski definition) is 3. The number of nitrogens with zero attached hydrogens (tertiary/aromatic N) is 2. The fraction of sp³-hybridized carbons (Fsp3) is 0.545. The van der Waals surface area contributed by atoms with Gasteiger partial charge >= 0.3 is 6.03 Å². The highest BCUT2D eigenvalue weighted by Gasteiger charge is 2.55. The SMILES string of the molecule is NC(=O)C1CCCN(CCCNC(=O)CN2C(=O)NC3(CCc4ccccc43)C2=O)C1. The first-order valence-corrected chi connectivity index (χ1v) is 10.9. The van der Waals surface area contributed by atoms with Gasteiger partial charge in [0.2, 0.25) is 11.8 Å². The molecule has 2 atom stereocenters. The number of benzene rings is 1. The van der Waals surface area contributed by atoms with Crippen molar-refractivity contribution in [2.75, 3.05) is 32.7 Å². The summed E-state index contributed by atoms with van der Waals surface area (Å²) in [6, 6.07) is 7.08. The van der Waals surface area contributed by atoms with E-state index in [0.29, 0.717) is 25.9 Å². The molecule has 5 amide bonds. The van der Waals surface area contributed by atoms with Crippen LogP contribution in [0.4, 0.5) is 4.79 Å². The van der Waals surface area contributed by atoms with E-state index in [0.717, 1.165) is 48.4 Å². The van der Waals surface area contributed by atoms with Crippen LogP contribution in [0.1, 0.15) is 36.8 Å². The second-order valence-electron chi connectivity index (χ2n) is 8.63. The Morgan fingerprint density at radius 1 is 1.26 bits per heavy atom. The van der Waals surface area contributed by atoms with Gasteiger partial charge in [-0.05, 0) is 56.3 Å². The molecule has 2 unspecified atom stereocenters. The van der Waals surface area contributed by atoms with Crippen LogP contribution in [0.25, 0.3) is 0 Å². The highest BCUT2D eigenvalue weighted by molar-refractivity contribution is 6.09. The van der Waals surface area contributed by atoms with E-state index in [4.69, 9.17) is 5.73 Å². The number of likely N-dealkylation sites (tertiary alicyclic amines) is 1. The molecule has 0 saturated carbocycles. The number of aryl methyl sites for hydroxylation is 1. The number of piperidine rings is 1. The highest BCUT2D eigenvalue weighted by atomic mass is 16.2. The van der Waals surface area contributed by atoms with Crippen molar-refractivity contribution in [1.29, 1.82) is 0 Å². The Bertz CT molecular complexity index is 904. The van der Waals surface area contributed by atoms with Gasteiger partial charge in [0.15, 0.2) is 0 Å². The van der Waals surface area contributed by atoms with Crippen molar-refractivity contribution in [1.82, 2.24) is 20.4 Å². The Hall–Kier alpha value is -2.94. The van der Waals surface area contributed by atoms with Crippen LogP contribution < -0.4 is 16.4 Å². The number of amides is 5. The second-order valence-corrected chi connectivity index (χ2v) is 8.63. The molecule has 1 aromatic carbocycles. The third-order valence-corrected chi connectivity index (χ3v) is 6.61. The lowest BCUT2D eigenvalue weighted by molar-refractivity contribution is -0.135. The topological polar surface area (TPSA) is 125 Å². The first kappa shape index (κ1) is 21.3. The smallest absolute Gasteiger partial charge is 0.325 e. The zero-order valence-corrected chi connectivity index (χ0v) is 17.6. The summed E-state index contributed by atoms with van der Waals surface area (Å²) in [7, 11) is 0. The van der Waals surface area contributed by atoms with Crippen LogP contribution in [0.5, 0.6) is 0 Å². The maximum Gasteiger partial charge on any atom is 0.325 e. The van der Waals surface area contributed by atoms with Crippen molar-refractivity contribution >= 4 is 23.8 Å². The van der Waals surface area contributed by atoms with E-state index in [1.54, 1.807) is 0 Å². The number of urea groups is 1. The third-order valence-electron chi connectivity index (χ3n) is 6.61. The lowest BCUT2D eigenvalue weighted by Crippen LogP contribution is -2.44. The molecule has 2 fully saturated rings. The van der Waals surface area contributed by atoms with Crippen molar-refractivity contribution in [3.05, 3.63) is 35.4 Å². The Balaban J connectivity index is 1.25. The summed E-state index contributed by atoms with van der Waals surface area (Å²) in [5, 5.41) is 5.62. The van der Waals surface area contributed by atoms with E-state index in [-0.39, 0.29) is 30.2 Å². The summed E-state index contributed by atoms with van der Waals surface area (Å²) < 4.78 is 0. The molecule has 9 heteroatoms. The van der Waals surface area contributed by atoms with Crippen molar-refractivity contribution in [3.63, 3.8) is 0 Å². The molecule has 31 heavy (non-hydrogen) atoms. The van der Waals surface area contributed by atoms with E-state index < -0.39 is 11.6 Å². The number of nitrogens with two attached hydrogens (primary N) is 1. The Kier molecular flexibility index (Phi) is 5.95. The standard InChI is InChI=1S/C22H29N5O4/c23-19(29)16-6-3-11-26(13-16)12-4-10-24-18(28)14-27-20(30)22(25-21(27)31)9-8-15-5-1-2-7-17(15)22/h1-2,5,7,16H,3-4,6,8-14H2,(H2,23,29)(H,24,28)(H,25,31). The minimum absolute atomic E-state index is 0.101. The van der Waals surface area contributed by atoms with Gasteiger partial charge in [0.05, 0.1) is 5.92 Å². The number of rotatable bonds is 7. The molecule has 4 rings (SSSR count). The molecule has 0 radical (unpaired) electrons. The molecule has 1 spiro atoms. The summed E-state index contributed by atoms with van der Waals surface area (Å²) in [5.41, 5.74) is 6.24. The largest absolute Gasteiger partial charge is 0.369 e. The van der Waals surface area contributed by atoms with E-state index in [9.17, 15) is 19.2 Å². The van der Waals surface area contributed by atoms with Gasteiger partial charge in [0.1, 0.15) is 12.1 Å². The number of carbonyl (C=O) groups is 4. The van der Waals surface area contributed by atoms with Crippen molar-refractivity contribution in [2.45, 2.75) is 37.6 Å². The van der Waals surface area contributed by atoms with Crippen LogP contribution in [0.15, 0.2) is 24.3 Å². The van der Waals surface area contributed by atoms with Crippen LogP contribution >= 0.6 is 0 Å². The number of carbonyl (C=O) groups excluding carboxylic acids is 4. The molecule has 9 nitrogen and oxygen atoms in total. The van der Waals surface area contributed by atoms with Crippen LogP contribution in [-0.4, -0.2) is 66.3 Å². The predicted octanol–water partition coefficient (Wildman–Crippen LogP) is 0.0835. The Morgan fingerprint density at radius 3 is 2.87 bits per heavy atom. The summed E-state index contributed by atoms with van der Waals surface area (Å²) in [4.78, 5) is 52.5. The van der Waals surface area contributed by atoms with Crippen molar-refractivity contribution < 1.29 is 19.2 Å². The lowest BCUT2D eigenvalue weighted by atomic mass is 9.92. The highest BCUT2D eigenvalue weighted by Crippen LogP contribution is 2.41. The number of primary amides is 1. The number of hydrogen-bond acceptors (Lipinski definition) is 5. The molecule has 4 N–H and O–H groups in total. The summed E-state index contributed by atoms with van der Waals surface area (Å²) in [5.74, 6) is -1.07. The molecule has 2 saturated heterocycles. The van der Waals surface area contributed by atoms with Crippen molar-refractivity contribution in [3.8, 4) is 0 Å². The van der Waals surface area contributed by atoms with Gasteiger partial charge in [-0.3, -0.25) is 19.3 Å². The minimum atomic E-state index is -1.04. The zero-order chi connectivity index (χ0) is 22.0. The minimum Gasteiger partial charge on any atom is -0.369 e. The van der Waals surface area contributed by atoms with Crippen LogP contribution in [0.3, 0.4) is 0 Å². The monoisotopic (exact) mass is 427 g/mol. The van der Waals surface area contributed by atoms with Crippen LogP contribution in [0.2, 0.25) is 0 Å². The molecule has 0 aromatic heterocycles. The van der Waals surface area contributed by atoms with Gasteiger partial charge < -0.3 is 21.3 Å². The van der Waals surface area contributed by atoms with Gasteiger partial charge in [-0.25, -0.2) is 4.79 Å². The predicted molar refractivity (Wildman–Crippen MR) is 113 cm³/mol. The van der Waals surface area contributed by atoms with Gasteiger partial charge in [-0.2, -0.15) is 0 Å². The normalized spacial score (nSPS) is 25.5. The van der Waals surface area contributed by atoms with Gasteiger partial charge in [-0.1, -0.05) is 24.3 Å². The molecule has 1 aliphatic carbocycles. The molecular weight excluding hydrogens is 398 g/mol. The average molecular weight is 428 g/mol.